The predicted octanol–water partition coefficient (Wildman–Crippen LogP) is 3.33. The number of methoxy groups -OCH3 is 1. The van der Waals surface area contributed by atoms with Crippen LogP contribution in [0.25, 0.3) is 0 Å². The van der Waals surface area contributed by atoms with E-state index in [0.29, 0.717) is 27.4 Å². The molecular weight excluding hydrogens is 470 g/mol. The average molecular weight is 492 g/mol. The largest absolute Gasteiger partial charge is 0.465 e. The number of hydrogen-bond donors (Lipinski definition) is 2. The molecule has 2 aromatic carbocycles. The number of aryl methyl sites for hydroxylation is 1. The van der Waals surface area contributed by atoms with Crippen molar-refractivity contribution in [3.63, 3.8) is 0 Å². The Balaban J connectivity index is 1.32. The highest BCUT2D eigenvalue weighted by Gasteiger charge is 2.29. The van der Waals surface area contributed by atoms with Crippen molar-refractivity contribution in [3.8, 4) is 5.75 Å². The SMILES string of the molecule is COC(=O)c1c(NC(=O)C(=O)N/N=C/c2ccc(OC(=O)c3ccccc3)cc2)sc2c1CCC2. The number of carbonyl (C=O) groups is 4. The number of ether oxygens (including phenoxy) is 2. The number of amides is 2. The number of rotatable bonds is 6. The summed E-state index contributed by atoms with van der Waals surface area (Å²) >= 11 is 1.28. The van der Waals surface area contributed by atoms with Gasteiger partial charge in [0, 0.05) is 4.88 Å². The second-order valence-electron chi connectivity index (χ2n) is 7.53. The number of fused-ring (bicyclic) bond motifs is 1. The lowest BCUT2D eigenvalue weighted by Gasteiger charge is -2.06. The lowest BCUT2D eigenvalue weighted by molar-refractivity contribution is -0.136. The van der Waals surface area contributed by atoms with E-state index in [0.717, 1.165) is 29.7 Å². The highest BCUT2D eigenvalue weighted by Crippen LogP contribution is 2.39. The number of hydrogen-bond acceptors (Lipinski definition) is 8. The molecule has 35 heavy (non-hydrogen) atoms. The molecule has 0 saturated heterocycles. The minimum Gasteiger partial charge on any atom is -0.465 e. The third-order valence-electron chi connectivity index (χ3n) is 5.22. The number of hydrazone groups is 1. The van der Waals surface area contributed by atoms with Gasteiger partial charge >= 0.3 is 23.8 Å². The number of carbonyl (C=O) groups excluding carboxylic acids is 4. The third-order valence-corrected chi connectivity index (χ3v) is 6.43. The molecule has 0 unspecified atom stereocenters. The van der Waals surface area contributed by atoms with Crippen LogP contribution < -0.4 is 15.5 Å². The fourth-order valence-electron chi connectivity index (χ4n) is 3.55. The molecule has 0 spiro atoms. The average Bonchev–Trinajstić information content (AvgIpc) is 3.46. The van der Waals surface area contributed by atoms with E-state index in [1.165, 1.54) is 24.7 Å². The van der Waals surface area contributed by atoms with Crippen LogP contribution in [0.1, 0.15) is 43.1 Å². The van der Waals surface area contributed by atoms with Crippen molar-refractivity contribution in [2.45, 2.75) is 19.3 Å². The lowest BCUT2D eigenvalue weighted by atomic mass is 10.1. The highest BCUT2D eigenvalue weighted by molar-refractivity contribution is 7.17. The summed E-state index contributed by atoms with van der Waals surface area (Å²) < 4.78 is 10.1. The Morgan fingerprint density at radius 2 is 1.69 bits per heavy atom. The van der Waals surface area contributed by atoms with Crippen molar-refractivity contribution in [1.82, 2.24) is 5.43 Å². The van der Waals surface area contributed by atoms with Crippen LogP contribution in [0.4, 0.5) is 5.00 Å². The maximum absolute atomic E-state index is 12.3. The molecule has 1 aliphatic rings. The first-order chi connectivity index (χ1) is 17.0. The number of nitrogens with zero attached hydrogens (tertiary/aromatic N) is 1. The fraction of sp³-hybridized carbons (Fsp3) is 0.160. The van der Waals surface area contributed by atoms with E-state index < -0.39 is 23.8 Å². The van der Waals surface area contributed by atoms with Gasteiger partial charge in [0.25, 0.3) is 0 Å². The van der Waals surface area contributed by atoms with Crippen molar-refractivity contribution < 1.29 is 28.7 Å². The monoisotopic (exact) mass is 491 g/mol. The number of benzene rings is 2. The molecule has 178 valence electrons. The summed E-state index contributed by atoms with van der Waals surface area (Å²) in [5.41, 5.74) is 4.37. The van der Waals surface area contributed by atoms with Gasteiger partial charge in [-0.1, -0.05) is 18.2 Å². The van der Waals surface area contributed by atoms with Crippen LogP contribution in [0, 0.1) is 0 Å². The summed E-state index contributed by atoms with van der Waals surface area (Å²) in [6.07, 6.45) is 3.83. The molecule has 1 aromatic heterocycles. The van der Waals surface area contributed by atoms with Gasteiger partial charge in [-0.05, 0) is 66.8 Å². The van der Waals surface area contributed by atoms with Crippen molar-refractivity contribution in [2.24, 2.45) is 5.10 Å². The van der Waals surface area contributed by atoms with Gasteiger partial charge < -0.3 is 14.8 Å². The van der Waals surface area contributed by atoms with Gasteiger partial charge in [0.1, 0.15) is 10.8 Å². The van der Waals surface area contributed by atoms with Crippen LogP contribution >= 0.6 is 11.3 Å². The van der Waals surface area contributed by atoms with Crippen LogP contribution in [0.15, 0.2) is 59.7 Å². The Hall–Kier alpha value is -4.31. The zero-order valence-corrected chi connectivity index (χ0v) is 19.5. The molecule has 0 fully saturated rings. The molecule has 1 heterocycles. The van der Waals surface area contributed by atoms with Gasteiger partial charge in [-0.3, -0.25) is 9.59 Å². The van der Waals surface area contributed by atoms with Gasteiger partial charge in [0.2, 0.25) is 0 Å². The minimum atomic E-state index is -0.987. The Morgan fingerprint density at radius 3 is 2.40 bits per heavy atom. The molecule has 0 aliphatic heterocycles. The molecule has 10 heteroatoms. The molecule has 9 nitrogen and oxygen atoms in total. The van der Waals surface area contributed by atoms with Gasteiger partial charge in [0.05, 0.1) is 24.5 Å². The summed E-state index contributed by atoms with van der Waals surface area (Å²) in [5.74, 6) is -2.61. The van der Waals surface area contributed by atoms with Gasteiger partial charge in [-0.25, -0.2) is 15.0 Å². The summed E-state index contributed by atoms with van der Waals surface area (Å²) in [5, 5.41) is 6.57. The number of esters is 2. The smallest absolute Gasteiger partial charge is 0.343 e. The molecule has 0 bridgehead atoms. The van der Waals surface area contributed by atoms with Crippen LogP contribution in [0.3, 0.4) is 0 Å². The van der Waals surface area contributed by atoms with Gasteiger partial charge in [0.15, 0.2) is 0 Å². The molecule has 0 saturated carbocycles. The quantitative estimate of drug-likeness (QED) is 0.179. The summed E-state index contributed by atoms with van der Waals surface area (Å²) in [7, 11) is 1.27. The molecule has 0 radical (unpaired) electrons. The van der Waals surface area contributed by atoms with Crippen LogP contribution in [-0.4, -0.2) is 37.1 Å². The first-order valence-electron chi connectivity index (χ1n) is 10.7. The molecule has 1 aliphatic carbocycles. The van der Waals surface area contributed by atoms with Crippen molar-refractivity contribution in [2.75, 3.05) is 12.4 Å². The normalized spacial score (nSPS) is 12.1. The topological polar surface area (TPSA) is 123 Å². The summed E-state index contributed by atoms with van der Waals surface area (Å²) in [6.45, 7) is 0. The second kappa shape index (κ2) is 10.7. The number of thiophene rings is 1. The van der Waals surface area contributed by atoms with E-state index in [1.54, 1.807) is 54.6 Å². The van der Waals surface area contributed by atoms with Gasteiger partial charge in [-0.2, -0.15) is 5.10 Å². The Bertz CT molecular complexity index is 1300. The van der Waals surface area contributed by atoms with Crippen molar-refractivity contribution >= 4 is 46.3 Å². The standard InChI is InChI=1S/C25H21N3O6S/c1-33-25(32)20-18-8-5-9-19(18)35-23(20)27-21(29)22(30)28-26-14-15-10-12-17(13-11-15)34-24(31)16-6-3-2-4-7-16/h2-4,6-7,10-14H,5,8-9H2,1H3,(H,27,29)(H,28,30)/b26-14+. The van der Waals surface area contributed by atoms with Crippen LogP contribution in [-0.2, 0) is 27.2 Å². The molecule has 2 N–H and O–H groups in total. The zero-order chi connectivity index (χ0) is 24.8. The number of nitrogens with one attached hydrogen (secondary N) is 2. The second-order valence-corrected chi connectivity index (χ2v) is 8.64. The minimum absolute atomic E-state index is 0.298. The van der Waals surface area contributed by atoms with Crippen molar-refractivity contribution in [1.29, 1.82) is 0 Å². The van der Waals surface area contributed by atoms with E-state index >= 15 is 0 Å². The van der Waals surface area contributed by atoms with E-state index in [-0.39, 0.29) is 0 Å². The summed E-state index contributed by atoms with van der Waals surface area (Å²) in [4.78, 5) is 49.8. The molecule has 4 rings (SSSR count). The van der Waals surface area contributed by atoms with E-state index in [1.807, 2.05) is 0 Å². The zero-order valence-electron chi connectivity index (χ0n) is 18.7. The summed E-state index contributed by atoms with van der Waals surface area (Å²) in [6, 6.07) is 15.1. The Labute approximate surface area is 204 Å². The molecule has 2 amide bonds. The molecule has 0 atom stereocenters. The lowest BCUT2D eigenvalue weighted by Crippen LogP contribution is -2.32. The first kappa shape index (κ1) is 23.8. The first-order valence-corrected chi connectivity index (χ1v) is 11.5. The predicted molar refractivity (Wildman–Crippen MR) is 130 cm³/mol. The van der Waals surface area contributed by atoms with E-state index in [9.17, 15) is 19.2 Å². The fourth-order valence-corrected chi connectivity index (χ4v) is 4.82. The van der Waals surface area contributed by atoms with Crippen LogP contribution in [0.5, 0.6) is 5.75 Å². The number of anilines is 1. The Morgan fingerprint density at radius 1 is 0.943 bits per heavy atom. The molecular formula is C25H21N3O6S. The molecule has 3 aromatic rings. The van der Waals surface area contributed by atoms with Crippen LogP contribution in [0.2, 0.25) is 0 Å². The maximum atomic E-state index is 12.3. The maximum Gasteiger partial charge on any atom is 0.343 e. The van der Waals surface area contributed by atoms with E-state index in [2.05, 4.69) is 15.8 Å². The third kappa shape index (κ3) is 5.61. The van der Waals surface area contributed by atoms with E-state index in [4.69, 9.17) is 9.47 Å². The van der Waals surface area contributed by atoms with Crippen molar-refractivity contribution in [3.05, 3.63) is 81.7 Å². The Kier molecular flexibility index (Phi) is 7.32. The van der Waals surface area contributed by atoms with Gasteiger partial charge in [-0.15, -0.1) is 11.3 Å². The highest BCUT2D eigenvalue weighted by atomic mass is 32.1.